The number of amides is 3. The number of hydrogen-bond donors (Lipinski definition) is 0. The van der Waals surface area contributed by atoms with Crippen LogP contribution in [0.1, 0.15) is 31.2 Å². The molecule has 7 nitrogen and oxygen atoms in total. The van der Waals surface area contributed by atoms with Crippen LogP contribution in [-0.2, 0) is 14.4 Å². The smallest absolute Gasteiger partial charge is 0.250 e. The standard InChI is InChI=1S/C28H32N4O3/c33-25(14-13-23-9-3-1-4-10-23)30-19-15-28(16-20-30)27(35)31(21-26(34)29-17-7-8-18-29)22-32(28)24-11-5-2-6-12-24/h1-6,9-14H,7-8,15-22H2. The SMILES string of the molecule is O=C(C=Cc1ccccc1)N1CCC2(CC1)C(=O)N(CC(=O)N1CCCC1)CN2c1ccccc1. The van der Waals surface area contributed by atoms with Gasteiger partial charge in [0, 0.05) is 37.9 Å². The van der Waals surface area contributed by atoms with Gasteiger partial charge in [-0.2, -0.15) is 0 Å². The lowest BCUT2D eigenvalue weighted by molar-refractivity contribution is -0.141. The molecule has 2 aromatic rings. The van der Waals surface area contributed by atoms with Crippen molar-refractivity contribution in [3.8, 4) is 0 Å². The van der Waals surface area contributed by atoms with Gasteiger partial charge >= 0.3 is 0 Å². The molecule has 3 saturated heterocycles. The Balaban J connectivity index is 1.31. The molecule has 3 aliphatic rings. The monoisotopic (exact) mass is 472 g/mol. The molecule has 2 aromatic carbocycles. The van der Waals surface area contributed by atoms with Crippen molar-refractivity contribution in [3.63, 3.8) is 0 Å². The Bertz CT molecular complexity index is 1090. The van der Waals surface area contributed by atoms with Crippen LogP contribution in [0.2, 0.25) is 0 Å². The Morgan fingerprint density at radius 3 is 2.11 bits per heavy atom. The molecule has 0 N–H and O–H groups in total. The zero-order valence-electron chi connectivity index (χ0n) is 20.0. The fourth-order valence-corrected chi connectivity index (χ4v) is 5.49. The van der Waals surface area contributed by atoms with Crippen molar-refractivity contribution in [2.75, 3.05) is 44.3 Å². The molecular formula is C28H32N4O3. The van der Waals surface area contributed by atoms with Gasteiger partial charge in [-0.15, -0.1) is 0 Å². The summed E-state index contributed by atoms with van der Waals surface area (Å²) in [4.78, 5) is 47.0. The predicted octanol–water partition coefficient (Wildman–Crippen LogP) is 2.99. The third kappa shape index (κ3) is 4.67. The van der Waals surface area contributed by atoms with Crippen molar-refractivity contribution in [3.05, 3.63) is 72.3 Å². The van der Waals surface area contributed by atoms with E-state index in [1.165, 1.54) is 0 Å². The molecule has 35 heavy (non-hydrogen) atoms. The number of carbonyl (C=O) groups excluding carboxylic acids is 3. The van der Waals surface area contributed by atoms with E-state index in [1.807, 2.05) is 76.5 Å². The number of benzene rings is 2. The van der Waals surface area contributed by atoms with Gasteiger partial charge in [-0.3, -0.25) is 14.4 Å². The second-order valence-corrected chi connectivity index (χ2v) is 9.60. The molecule has 3 heterocycles. The molecule has 0 saturated carbocycles. The maximum absolute atomic E-state index is 13.8. The van der Waals surface area contributed by atoms with Crippen LogP contribution in [0.4, 0.5) is 5.69 Å². The lowest BCUT2D eigenvalue weighted by Crippen LogP contribution is -2.57. The van der Waals surface area contributed by atoms with Crippen LogP contribution in [0.5, 0.6) is 0 Å². The minimum Gasteiger partial charge on any atom is -0.341 e. The zero-order chi connectivity index (χ0) is 24.3. The van der Waals surface area contributed by atoms with E-state index in [0.717, 1.165) is 37.2 Å². The number of anilines is 1. The summed E-state index contributed by atoms with van der Waals surface area (Å²) in [5.41, 5.74) is 1.22. The quantitative estimate of drug-likeness (QED) is 0.628. The van der Waals surface area contributed by atoms with Crippen molar-refractivity contribution < 1.29 is 14.4 Å². The van der Waals surface area contributed by atoms with Crippen LogP contribution >= 0.6 is 0 Å². The van der Waals surface area contributed by atoms with Crippen molar-refractivity contribution in [1.82, 2.24) is 14.7 Å². The van der Waals surface area contributed by atoms with Crippen LogP contribution in [-0.4, -0.2) is 77.4 Å². The average Bonchev–Trinajstić information content (AvgIpc) is 3.53. The molecule has 0 atom stereocenters. The van der Waals surface area contributed by atoms with Gasteiger partial charge in [-0.25, -0.2) is 0 Å². The number of hydrogen-bond acceptors (Lipinski definition) is 4. The van der Waals surface area contributed by atoms with Gasteiger partial charge in [0.15, 0.2) is 0 Å². The highest BCUT2D eigenvalue weighted by Crippen LogP contribution is 2.39. The topological polar surface area (TPSA) is 64.2 Å². The summed E-state index contributed by atoms with van der Waals surface area (Å²) in [6, 6.07) is 19.7. The molecule has 182 valence electrons. The lowest BCUT2D eigenvalue weighted by Gasteiger charge is -2.43. The summed E-state index contributed by atoms with van der Waals surface area (Å²) in [5, 5.41) is 0. The van der Waals surface area contributed by atoms with Crippen molar-refractivity contribution in [1.29, 1.82) is 0 Å². The van der Waals surface area contributed by atoms with Gasteiger partial charge in [0.25, 0.3) is 5.91 Å². The minimum atomic E-state index is -0.730. The highest BCUT2D eigenvalue weighted by Gasteiger charge is 2.54. The number of carbonyl (C=O) groups is 3. The van der Waals surface area contributed by atoms with Gasteiger partial charge in [0.1, 0.15) is 12.1 Å². The third-order valence-corrected chi connectivity index (χ3v) is 7.49. The summed E-state index contributed by atoms with van der Waals surface area (Å²) in [7, 11) is 0. The Kier molecular flexibility index (Phi) is 6.57. The average molecular weight is 473 g/mol. The van der Waals surface area contributed by atoms with E-state index >= 15 is 0 Å². The summed E-state index contributed by atoms with van der Waals surface area (Å²) in [6.07, 6.45) is 6.58. The predicted molar refractivity (Wildman–Crippen MR) is 135 cm³/mol. The number of piperidine rings is 1. The molecule has 0 unspecified atom stereocenters. The first-order chi connectivity index (χ1) is 17.1. The van der Waals surface area contributed by atoms with Crippen molar-refractivity contribution in [2.24, 2.45) is 0 Å². The molecule has 3 amide bonds. The maximum atomic E-state index is 13.8. The van der Waals surface area contributed by atoms with E-state index in [9.17, 15) is 14.4 Å². The second kappa shape index (κ2) is 9.94. The summed E-state index contributed by atoms with van der Waals surface area (Å²) in [5.74, 6) is -0.0121. The van der Waals surface area contributed by atoms with E-state index in [1.54, 1.807) is 11.0 Å². The van der Waals surface area contributed by atoms with E-state index < -0.39 is 5.54 Å². The Labute approximate surface area is 206 Å². The fourth-order valence-electron chi connectivity index (χ4n) is 5.49. The molecule has 3 fully saturated rings. The van der Waals surface area contributed by atoms with Crippen LogP contribution in [0.15, 0.2) is 66.7 Å². The number of nitrogens with zero attached hydrogens (tertiary/aromatic N) is 4. The molecule has 0 aliphatic carbocycles. The molecule has 0 radical (unpaired) electrons. The van der Waals surface area contributed by atoms with E-state index in [2.05, 4.69) is 4.90 Å². The number of likely N-dealkylation sites (tertiary alicyclic amines) is 2. The normalized spacial score (nSPS) is 19.8. The number of para-hydroxylation sites is 1. The van der Waals surface area contributed by atoms with Gasteiger partial charge in [0.05, 0.1) is 6.67 Å². The first-order valence-electron chi connectivity index (χ1n) is 12.5. The van der Waals surface area contributed by atoms with Gasteiger partial charge in [-0.05, 0) is 49.5 Å². The first kappa shape index (κ1) is 23.1. The summed E-state index contributed by atoms with van der Waals surface area (Å²) < 4.78 is 0. The van der Waals surface area contributed by atoms with Gasteiger partial charge < -0.3 is 19.6 Å². The minimum absolute atomic E-state index is 0.000765. The third-order valence-electron chi connectivity index (χ3n) is 7.49. The first-order valence-corrected chi connectivity index (χ1v) is 12.5. The van der Waals surface area contributed by atoms with Crippen LogP contribution in [0.25, 0.3) is 6.08 Å². The van der Waals surface area contributed by atoms with E-state index in [4.69, 9.17) is 0 Å². The molecule has 0 bridgehead atoms. The molecule has 3 aliphatic heterocycles. The Morgan fingerprint density at radius 1 is 0.829 bits per heavy atom. The zero-order valence-corrected chi connectivity index (χ0v) is 20.0. The molecular weight excluding hydrogens is 440 g/mol. The number of rotatable bonds is 5. The maximum Gasteiger partial charge on any atom is 0.250 e. The van der Waals surface area contributed by atoms with Gasteiger partial charge in [0.2, 0.25) is 11.8 Å². The van der Waals surface area contributed by atoms with Crippen molar-refractivity contribution >= 4 is 29.5 Å². The Morgan fingerprint density at radius 2 is 1.46 bits per heavy atom. The van der Waals surface area contributed by atoms with Gasteiger partial charge in [-0.1, -0.05) is 48.5 Å². The molecule has 1 spiro atoms. The molecule has 5 rings (SSSR count). The highest BCUT2D eigenvalue weighted by atomic mass is 16.2. The van der Waals surface area contributed by atoms with Crippen molar-refractivity contribution in [2.45, 2.75) is 31.2 Å². The van der Waals surface area contributed by atoms with Crippen LogP contribution < -0.4 is 4.90 Å². The Hall–Kier alpha value is -3.61. The summed E-state index contributed by atoms with van der Waals surface area (Å²) >= 11 is 0. The lowest BCUT2D eigenvalue weighted by atomic mass is 9.85. The largest absolute Gasteiger partial charge is 0.341 e. The van der Waals surface area contributed by atoms with Crippen LogP contribution in [0.3, 0.4) is 0 Å². The highest BCUT2D eigenvalue weighted by molar-refractivity contribution is 5.97. The molecule has 7 heteroatoms. The summed E-state index contributed by atoms with van der Waals surface area (Å²) in [6.45, 7) is 3.07. The van der Waals surface area contributed by atoms with E-state index in [0.29, 0.717) is 32.6 Å². The van der Waals surface area contributed by atoms with Crippen LogP contribution in [0, 0.1) is 0 Å². The fraction of sp³-hybridized carbons (Fsp3) is 0.393. The second-order valence-electron chi connectivity index (χ2n) is 9.60. The molecule has 0 aromatic heterocycles. The van der Waals surface area contributed by atoms with E-state index in [-0.39, 0.29) is 24.3 Å².